The van der Waals surface area contributed by atoms with Gasteiger partial charge in [-0.3, -0.25) is 14.5 Å². The Morgan fingerprint density at radius 3 is 2.68 bits per heavy atom. The Morgan fingerprint density at radius 1 is 1.25 bits per heavy atom. The molecule has 148 valence electrons. The Hall–Kier alpha value is -1.70. The molecule has 1 fully saturated rings. The number of methoxy groups -OCH3 is 1. The third-order valence-electron chi connectivity index (χ3n) is 4.29. The molecule has 2 aromatic carbocycles. The molecule has 0 saturated carbocycles. The van der Waals surface area contributed by atoms with Gasteiger partial charge in [-0.2, -0.15) is 0 Å². The normalized spacial score (nSPS) is 16.6. The van der Waals surface area contributed by atoms with Gasteiger partial charge in [-0.05, 0) is 58.6 Å². The van der Waals surface area contributed by atoms with Crippen LogP contribution in [0, 0.1) is 0 Å². The summed E-state index contributed by atoms with van der Waals surface area (Å²) >= 11 is 10.7. The van der Waals surface area contributed by atoms with Crippen LogP contribution in [0.3, 0.4) is 0 Å². The molecule has 1 aliphatic rings. The summed E-state index contributed by atoms with van der Waals surface area (Å²) in [6.07, 6.45) is 0.412. The van der Waals surface area contributed by atoms with Crippen molar-refractivity contribution in [2.24, 2.45) is 0 Å². The monoisotopic (exact) mass is 483 g/mol. The first-order valence-corrected chi connectivity index (χ1v) is 10.7. The summed E-state index contributed by atoms with van der Waals surface area (Å²) in [5.41, 5.74) is 1.63. The van der Waals surface area contributed by atoms with E-state index in [4.69, 9.17) is 21.1 Å². The van der Waals surface area contributed by atoms with Crippen molar-refractivity contribution in [2.75, 3.05) is 13.7 Å². The van der Waals surface area contributed by atoms with E-state index < -0.39 is 5.25 Å². The number of ether oxygens (including phenoxy) is 2. The number of hydrogen-bond donors (Lipinski definition) is 0. The molecule has 1 aliphatic heterocycles. The molecule has 0 N–H and O–H groups in total. The van der Waals surface area contributed by atoms with Crippen LogP contribution in [0.2, 0.25) is 5.02 Å². The molecular weight excluding hydrogens is 466 g/mol. The minimum atomic E-state index is -0.482. The Balaban J connectivity index is 1.77. The summed E-state index contributed by atoms with van der Waals surface area (Å²) in [4.78, 5) is 26.5. The van der Waals surface area contributed by atoms with Gasteiger partial charge >= 0.3 is 0 Å². The predicted octanol–water partition coefficient (Wildman–Crippen LogP) is 5.32. The van der Waals surface area contributed by atoms with Gasteiger partial charge in [0.2, 0.25) is 5.91 Å². The van der Waals surface area contributed by atoms with Crippen molar-refractivity contribution in [2.45, 2.75) is 25.1 Å². The maximum atomic E-state index is 12.8. The minimum absolute atomic E-state index is 0.178. The zero-order chi connectivity index (χ0) is 20.3. The van der Waals surface area contributed by atoms with Crippen LogP contribution in [-0.4, -0.2) is 35.0 Å². The highest BCUT2D eigenvalue weighted by molar-refractivity contribution is 9.10. The second-order valence-electron chi connectivity index (χ2n) is 6.13. The molecule has 3 rings (SSSR count). The van der Waals surface area contributed by atoms with Crippen LogP contribution in [-0.2, 0) is 17.8 Å². The molecule has 28 heavy (non-hydrogen) atoms. The van der Waals surface area contributed by atoms with Crippen LogP contribution in [0.5, 0.6) is 11.5 Å². The van der Waals surface area contributed by atoms with Crippen LogP contribution < -0.4 is 9.47 Å². The summed E-state index contributed by atoms with van der Waals surface area (Å²) in [7, 11) is 1.57. The summed E-state index contributed by atoms with van der Waals surface area (Å²) in [6.45, 7) is 2.58. The molecular formula is C20H19BrClNO4S. The molecule has 5 nitrogen and oxygen atoms in total. The fourth-order valence-corrected chi connectivity index (χ4v) is 4.79. The number of benzene rings is 2. The average Bonchev–Trinajstić information content (AvgIpc) is 2.92. The van der Waals surface area contributed by atoms with Gasteiger partial charge in [-0.1, -0.05) is 41.6 Å². The van der Waals surface area contributed by atoms with Crippen molar-refractivity contribution in [3.63, 3.8) is 0 Å². The predicted molar refractivity (Wildman–Crippen MR) is 114 cm³/mol. The van der Waals surface area contributed by atoms with Crippen molar-refractivity contribution in [1.29, 1.82) is 0 Å². The Bertz CT molecular complexity index is 908. The number of carbonyl (C=O) groups excluding carboxylic acids is 2. The van der Waals surface area contributed by atoms with Crippen molar-refractivity contribution in [3.05, 3.63) is 57.0 Å². The molecule has 0 aliphatic carbocycles. The first kappa shape index (κ1) is 21.0. The Labute approximate surface area is 181 Å². The van der Waals surface area contributed by atoms with E-state index in [9.17, 15) is 9.59 Å². The second kappa shape index (κ2) is 9.20. The topological polar surface area (TPSA) is 55.8 Å². The molecule has 1 heterocycles. The Morgan fingerprint density at radius 2 is 2.00 bits per heavy atom. The fourth-order valence-electron chi connectivity index (χ4n) is 2.96. The number of halogens is 2. The lowest BCUT2D eigenvalue weighted by atomic mass is 10.1. The molecule has 0 radical (unpaired) electrons. The van der Waals surface area contributed by atoms with E-state index in [0.717, 1.165) is 27.4 Å². The molecule has 1 saturated heterocycles. The number of carbonyl (C=O) groups is 2. The quantitative estimate of drug-likeness (QED) is 0.532. The van der Waals surface area contributed by atoms with E-state index in [2.05, 4.69) is 15.9 Å². The van der Waals surface area contributed by atoms with Gasteiger partial charge in [0.1, 0.15) is 0 Å². The van der Waals surface area contributed by atoms with E-state index in [1.165, 1.54) is 4.90 Å². The molecule has 2 amide bonds. The van der Waals surface area contributed by atoms with Crippen LogP contribution in [0.4, 0.5) is 4.79 Å². The van der Waals surface area contributed by atoms with Gasteiger partial charge in [0.25, 0.3) is 5.24 Å². The first-order valence-electron chi connectivity index (χ1n) is 8.69. The SMILES string of the molecule is CCOc1c(Br)cc(C[C@@H]2SC(=O)N(Cc3ccccc3Cl)C2=O)cc1OC. The van der Waals surface area contributed by atoms with E-state index in [0.29, 0.717) is 29.5 Å². The number of nitrogens with zero attached hydrogens (tertiary/aromatic N) is 1. The van der Waals surface area contributed by atoms with Crippen LogP contribution >= 0.6 is 39.3 Å². The van der Waals surface area contributed by atoms with Crippen LogP contribution in [0.15, 0.2) is 40.9 Å². The van der Waals surface area contributed by atoms with E-state index in [1.54, 1.807) is 13.2 Å². The summed E-state index contributed by atoms with van der Waals surface area (Å²) in [6, 6.07) is 10.9. The maximum absolute atomic E-state index is 12.8. The third kappa shape index (κ3) is 4.47. The highest BCUT2D eigenvalue weighted by atomic mass is 79.9. The first-order chi connectivity index (χ1) is 13.4. The lowest BCUT2D eigenvalue weighted by Crippen LogP contribution is -2.31. The van der Waals surface area contributed by atoms with Gasteiger partial charge in [0, 0.05) is 5.02 Å². The van der Waals surface area contributed by atoms with E-state index in [1.807, 2.05) is 37.3 Å². The molecule has 8 heteroatoms. The minimum Gasteiger partial charge on any atom is -0.493 e. The lowest BCUT2D eigenvalue weighted by molar-refractivity contribution is -0.127. The van der Waals surface area contributed by atoms with Crippen molar-refractivity contribution in [1.82, 2.24) is 4.90 Å². The molecule has 1 atom stereocenters. The second-order valence-corrected chi connectivity index (χ2v) is 8.55. The Kier molecular flexibility index (Phi) is 6.91. The number of rotatable bonds is 7. The molecule has 0 unspecified atom stereocenters. The van der Waals surface area contributed by atoms with E-state index in [-0.39, 0.29) is 17.7 Å². The van der Waals surface area contributed by atoms with Gasteiger partial charge in [0.05, 0.1) is 30.0 Å². The van der Waals surface area contributed by atoms with Crippen molar-refractivity contribution < 1.29 is 19.1 Å². The highest BCUT2D eigenvalue weighted by Crippen LogP contribution is 2.39. The smallest absolute Gasteiger partial charge is 0.289 e. The fraction of sp³-hybridized carbons (Fsp3) is 0.300. The van der Waals surface area contributed by atoms with Gasteiger partial charge in [-0.25, -0.2) is 0 Å². The standard InChI is InChI=1S/C20H19BrClNO4S/c1-3-27-18-14(21)8-12(9-16(18)26-2)10-17-19(24)23(20(25)28-17)11-13-6-4-5-7-15(13)22/h4-9,17H,3,10-11H2,1-2H3/t17-/m0/s1. The summed E-state index contributed by atoms with van der Waals surface area (Å²) in [5.74, 6) is 0.996. The van der Waals surface area contributed by atoms with Gasteiger partial charge < -0.3 is 9.47 Å². The number of amides is 2. The largest absolute Gasteiger partial charge is 0.493 e. The highest BCUT2D eigenvalue weighted by Gasteiger charge is 2.39. The number of thioether (sulfide) groups is 1. The van der Waals surface area contributed by atoms with E-state index >= 15 is 0 Å². The van der Waals surface area contributed by atoms with Crippen molar-refractivity contribution in [3.8, 4) is 11.5 Å². The number of imide groups is 1. The van der Waals surface area contributed by atoms with Crippen molar-refractivity contribution >= 4 is 50.4 Å². The summed E-state index contributed by atoms with van der Waals surface area (Å²) in [5, 5.41) is -0.201. The molecule has 0 bridgehead atoms. The third-order valence-corrected chi connectivity index (χ3v) is 6.32. The molecule has 0 aromatic heterocycles. The average molecular weight is 485 g/mol. The molecule has 0 spiro atoms. The van der Waals surface area contributed by atoms with Gasteiger partial charge in [-0.15, -0.1) is 0 Å². The maximum Gasteiger partial charge on any atom is 0.289 e. The van der Waals surface area contributed by atoms with Gasteiger partial charge in [0.15, 0.2) is 11.5 Å². The van der Waals surface area contributed by atoms with Crippen LogP contribution in [0.25, 0.3) is 0 Å². The zero-order valence-electron chi connectivity index (χ0n) is 15.4. The molecule has 2 aromatic rings. The zero-order valence-corrected chi connectivity index (χ0v) is 18.6. The summed E-state index contributed by atoms with van der Waals surface area (Å²) < 4.78 is 11.8. The van der Waals surface area contributed by atoms with Crippen LogP contribution in [0.1, 0.15) is 18.1 Å². The lowest BCUT2D eigenvalue weighted by Gasteiger charge is -2.16. The number of hydrogen-bond acceptors (Lipinski definition) is 5.